The molecular formula is C15H22N2. The Hall–Kier alpha value is -1.02. The van der Waals surface area contributed by atoms with Crippen LogP contribution in [0.1, 0.15) is 42.0 Å². The SMILES string of the molecule is Cc1ccc(C)c2c1NCCC2N1CCCC1. The van der Waals surface area contributed by atoms with E-state index < -0.39 is 0 Å². The Bertz CT molecular complexity index is 419. The number of rotatable bonds is 1. The predicted octanol–water partition coefficient (Wildman–Crippen LogP) is 3.26. The summed E-state index contributed by atoms with van der Waals surface area (Å²) in [5.41, 5.74) is 5.83. The summed E-state index contributed by atoms with van der Waals surface area (Å²) >= 11 is 0. The number of benzene rings is 1. The molecule has 92 valence electrons. The Balaban J connectivity index is 2.03. The van der Waals surface area contributed by atoms with Crippen LogP contribution in [0.3, 0.4) is 0 Å². The average molecular weight is 230 g/mol. The smallest absolute Gasteiger partial charge is 0.0421 e. The molecule has 1 aromatic rings. The van der Waals surface area contributed by atoms with E-state index in [1.54, 1.807) is 5.56 Å². The number of anilines is 1. The molecular weight excluding hydrogens is 208 g/mol. The van der Waals surface area contributed by atoms with Crippen LogP contribution < -0.4 is 5.32 Å². The zero-order valence-electron chi connectivity index (χ0n) is 10.9. The minimum absolute atomic E-state index is 0.661. The summed E-state index contributed by atoms with van der Waals surface area (Å²) in [7, 11) is 0. The van der Waals surface area contributed by atoms with Crippen molar-refractivity contribution in [2.45, 2.75) is 39.2 Å². The quantitative estimate of drug-likeness (QED) is 0.796. The van der Waals surface area contributed by atoms with Crippen LogP contribution in [0.5, 0.6) is 0 Å². The average Bonchev–Trinajstić information content (AvgIpc) is 2.87. The van der Waals surface area contributed by atoms with Crippen LogP contribution in [0.4, 0.5) is 5.69 Å². The molecule has 0 bridgehead atoms. The number of hydrogen-bond donors (Lipinski definition) is 1. The molecule has 1 aromatic carbocycles. The summed E-state index contributed by atoms with van der Waals surface area (Å²) in [6.07, 6.45) is 4.02. The molecule has 1 unspecified atom stereocenters. The van der Waals surface area contributed by atoms with Gasteiger partial charge in [0.25, 0.3) is 0 Å². The van der Waals surface area contributed by atoms with Crippen molar-refractivity contribution in [2.24, 2.45) is 0 Å². The van der Waals surface area contributed by atoms with Crippen LogP contribution in [0.25, 0.3) is 0 Å². The van der Waals surface area contributed by atoms with E-state index >= 15 is 0 Å². The Morgan fingerprint density at radius 1 is 1.12 bits per heavy atom. The molecule has 2 heteroatoms. The first-order valence-corrected chi connectivity index (χ1v) is 6.85. The van der Waals surface area contributed by atoms with E-state index in [2.05, 4.69) is 36.2 Å². The molecule has 1 fully saturated rings. The van der Waals surface area contributed by atoms with E-state index in [1.165, 1.54) is 49.2 Å². The molecule has 2 aliphatic rings. The molecule has 0 amide bonds. The zero-order chi connectivity index (χ0) is 11.8. The van der Waals surface area contributed by atoms with Gasteiger partial charge in [0.15, 0.2) is 0 Å². The maximum Gasteiger partial charge on any atom is 0.0421 e. The van der Waals surface area contributed by atoms with Crippen molar-refractivity contribution in [3.63, 3.8) is 0 Å². The lowest BCUT2D eigenvalue weighted by molar-refractivity contribution is 0.233. The monoisotopic (exact) mass is 230 g/mol. The lowest BCUT2D eigenvalue weighted by Crippen LogP contribution is -2.32. The fraction of sp³-hybridized carbons (Fsp3) is 0.600. The van der Waals surface area contributed by atoms with Gasteiger partial charge in [-0.3, -0.25) is 4.90 Å². The highest BCUT2D eigenvalue weighted by Crippen LogP contribution is 2.39. The van der Waals surface area contributed by atoms with E-state index in [0.29, 0.717) is 6.04 Å². The van der Waals surface area contributed by atoms with Gasteiger partial charge in [0.2, 0.25) is 0 Å². The molecule has 0 aromatic heterocycles. The summed E-state index contributed by atoms with van der Waals surface area (Å²) in [6.45, 7) is 8.18. The van der Waals surface area contributed by atoms with Crippen molar-refractivity contribution >= 4 is 5.69 Å². The summed E-state index contributed by atoms with van der Waals surface area (Å²) < 4.78 is 0. The molecule has 2 aliphatic heterocycles. The van der Waals surface area contributed by atoms with E-state index in [0.717, 1.165) is 6.54 Å². The molecule has 1 saturated heterocycles. The van der Waals surface area contributed by atoms with Gasteiger partial charge in [-0.1, -0.05) is 12.1 Å². The van der Waals surface area contributed by atoms with Crippen molar-refractivity contribution in [3.05, 3.63) is 28.8 Å². The second kappa shape index (κ2) is 4.34. The van der Waals surface area contributed by atoms with Crippen LogP contribution in [0.15, 0.2) is 12.1 Å². The van der Waals surface area contributed by atoms with Gasteiger partial charge in [-0.25, -0.2) is 0 Å². The number of aryl methyl sites for hydroxylation is 2. The molecule has 0 radical (unpaired) electrons. The van der Waals surface area contributed by atoms with Crippen molar-refractivity contribution in [1.82, 2.24) is 4.90 Å². The molecule has 1 N–H and O–H groups in total. The Morgan fingerprint density at radius 2 is 1.82 bits per heavy atom. The van der Waals surface area contributed by atoms with Crippen molar-refractivity contribution in [2.75, 3.05) is 25.0 Å². The van der Waals surface area contributed by atoms with Crippen molar-refractivity contribution in [3.8, 4) is 0 Å². The zero-order valence-corrected chi connectivity index (χ0v) is 10.9. The fourth-order valence-electron chi connectivity index (χ4n) is 3.39. The largest absolute Gasteiger partial charge is 0.384 e. The highest BCUT2D eigenvalue weighted by molar-refractivity contribution is 5.62. The summed E-state index contributed by atoms with van der Waals surface area (Å²) in [5.74, 6) is 0. The number of nitrogens with zero attached hydrogens (tertiary/aromatic N) is 1. The van der Waals surface area contributed by atoms with Gasteiger partial charge in [-0.15, -0.1) is 0 Å². The molecule has 17 heavy (non-hydrogen) atoms. The summed E-state index contributed by atoms with van der Waals surface area (Å²) in [6, 6.07) is 5.19. The van der Waals surface area contributed by atoms with Gasteiger partial charge in [-0.2, -0.15) is 0 Å². The maximum atomic E-state index is 3.60. The van der Waals surface area contributed by atoms with Crippen LogP contribution in [-0.2, 0) is 0 Å². The molecule has 0 saturated carbocycles. The van der Waals surface area contributed by atoms with Gasteiger partial charge in [0, 0.05) is 18.3 Å². The second-order valence-corrected chi connectivity index (χ2v) is 5.46. The third-order valence-electron chi connectivity index (χ3n) is 4.31. The third kappa shape index (κ3) is 1.85. The second-order valence-electron chi connectivity index (χ2n) is 5.46. The van der Waals surface area contributed by atoms with Crippen molar-refractivity contribution < 1.29 is 0 Å². The van der Waals surface area contributed by atoms with Crippen LogP contribution in [0, 0.1) is 13.8 Å². The lowest BCUT2D eigenvalue weighted by Gasteiger charge is -2.35. The molecule has 0 spiro atoms. The Labute approximate surface area is 104 Å². The van der Waals surface area contributed by atoms with E-state index in [9.17, 15) is 0 Å². The van der Waals surface area contributed by atoms with Crippen LogP contribution >= 0.6 is 0 Å². The Morgan fingerprint density at radius 3 is 2.59 bits per heavy atom. The molecule has 3 rings (SSSR count). The number of likely N-dealkylation sites (tertiary alicyclic amines) is 1. The van der Waals surface area contributed by atoms with E-state index in [4.69, 9.17) is 0 Å². The van der Waals surface area contributed by atoms with Crippen LogP contribution in [-0.4, -0.2) is 24.5 Å². The number of fused-ring (bicyclic) bond motifs is 1. The van der Waals surface area contributed by atoms with Gasteiger partial charge < -0.3 is 5.32 Å². The first-order valence-electron chi connectivity index (χ1n) is 6.85. The first kappa shape index (κ1) is 11.1. The highest BCUT2D eigenvalue weighted by Gasteiger charge is 2.29. The fourth-order valence-corrected chi connectivity index (χ4v) is 3.39. The van der Waals surface area contributed by atoms with Gasteiger partial charge >= 0.3 is 0 Å². The van der Waals surface area contributed by atoms with Gasteiger partial charge in [0.1, 0.15) is 0 Å². The molecule has 2 nitrogen and oxygen atoms in total. The molecule has 2 heterocycles. The summed E-state index contributed by atoms with van der Waals surface area (Å²) in [5, 5.41) is 3.60. The predicted molar refractivity (Wildman–Crippen MR) is 72.6 cm³/mol. The van der Waals surface area contributed by atoms with Crippen LogP contribution in [0.2, 0.25) is 0 Å². The number of hydrogen-bond acceptors (Lipinski definition) is 2. The van der Waals surface area contributed by atoms with E-state index in [1.807, 2.05) is 0 Å². The van der Waals surface area contributed by atoms with Crippen molar-refractivity contribution in [1.29, 1.82) is 0 Å². The van der Waals surface area contributed by atoms with Gasteiger partial charge in [0.05, 0.1) is 0 Å². The van der Waals surface area contributed by atoms with E-state index in [-0.39, 0.29) is 0 Å². The lowest BCUT2D eigenvalue weighted by atomic mass is 9.90. The maximum absolute atomic E-state index is 3.60. The standard InChI is InChI=1S/C15H22N2/c1-11-5-6-12(2)15-14(11)13(7-8-16-15)17-9-3-4-10-17/h5-6,13,16H,3-4,7-10H2,1-2H3. The van der Waals surface area contributed by atoms with Gasteiger partial charge in [-0.05, 0) is 62.9 Å². The summed E-state index contributed by atoms with van der Waals surface area (Å²) in [4.78, 5) is 2.69. The minimum atomic E-state index is 0.661. The Kier molecular flexibility index (Phi) is 2.83. The topological polar surface area (TPSA) is 15.3 Å². The third-order valence-corrected chi connectivity index (χ3v) is 4.31. The normalized spacial score (nSPS) is 24.5. The number of nitrogens with one attached hydrogen (secondary N) is 1. The first-order chi connectivity index (χ1) is 8.27. The minimum Gasteiger partial charge on any atom is -0.384 e. The highest BCUT2D eigenvalue weighted by atomic mass is 15.2. The molecule has 0 aliphatic carbocycles. The molecule has 1 atom stereocenters.